The number of guanidine groups is 1. The van der Waals surface area contributed by atoms with Gasteiger partial charge in [0.05, 0.1) is 25.2 Å². The van der Waals surface area contributed by atoms with Gasteiger partial charge in [-0.25, -0.2) is 4.99 Å². The molecule has 1 fully saturated rings. The van der Waals surface area contributed by atoms with Crippen molar-refractivity contribution in [2.24, 2.45) is 16.6 Å². The first-order valence-corrected chi connectivity index (χ1v) is 9.99. The van der Waals surface area contributed by atoms with Gasteiger partial charge in [-0.15, -0.1) is 0 Å². The third kappa shape index (κ3) is 6.02. The maximum Gasteiger partial charge on any atom is 0.217 e. The van der Waals surface area contributed by atoms with Gasteiger partial charge in [0.1, 0.15) is 0 Å². The normalized spacial score (nSPS) is 17.6. The second-order valence-corrected chi connectivity index (χ2v) is 7.46. The fraction of sp³-hybridized carbons (Fsp3) is 0.579. The number of hydrogen-bond donors (Lipinski definition) is 2. The number of amides is 1. The van der Waals surface area contributed by atoms with Crippen molar-refractivity contribution in [2.75, 3.05) is 33.9 Å². The third-order valence-electron chi connectivity index (χ3n) is 4.55. The molecule has 1 amide bonds. The first-order chi connectivity index (χ1) is 13.0. The lowest BCUT2D eigenvalue weighted by molar-refractivity contribution is -0.119. The summed E-state index contributed by atoms with van der Waals surface area (Å²) in [6, 6.07) is 3.92. The van der Waals surface area contributed by atoms with Gasteiger partial charge in [-0.3, -0.25) is 4.79 Å². The minimum absolute atomic E-state index is 0.237. The van der Waals surface area contributed by atoms with Gasteiger partial charge in [0.25, 0.3) is 0 Å². The lowest BCUT2D eigenvalue weighted by atomic mass is 9.95. The minimum Gasteiger partial charge on any atom is -0.493 e. The van der Waals surface area contributed by atoms with E-state index < -0.39 is 0 Å². The molecule has 7 nitrogen and oxygen atoms in total. The summed E-state index contributed by atoms with van der Waals surface area (Å²) >= 11 is 3.52. The van der Waals surface area contributed by atoms with Crippen molar-refractivity contribution in [1.82, 2.24) is 10.2 Å². The van der Waals surface area contributed by atoms with E-state index in [9.17, 15) is 4.79 Å². The van der Waals surface area contributed by atoms with E-state index in [1.54, 1.807) is 14.2 Å². The Bertz CT molecular complexity index is 681. The fourth-order valence-corrected chi connectivity index (χ4v) is 4.01. The molecule has 1 saturated heterocycles. The van der Waals surface area contributed by atoms with E-state index in [1.807, 2.05) is 19.1 Å². The van der Waals surface area contributed by atoms with E-state index in [2.05, 4.69) is 26.1 Å². The average molecular weight is 441 g/mol. The Morgan fingerprint density at radius 3 is 2.81 bits per heavy atom. The maximum absolute atomic E-state index is 11.3. The highest BCUT2D eigenvalue weighted by Gasteiger charge is 2.23. The van der Waals surface area contributed by atoms with Crippen LogP contribution in [-0.2, 0) is 11.3 Å². The molecular formula is C19H29BrN4O3. The highest BCUT2D eigenvalue weighted by atomic mass is 79.9. The molecule has 0 spiro atoms. The number of nitrogens with zero attached hydrogens (tertiary/aromatic N) is 2. The van der Waals surface area contributed by atoms with Crippen LogP contribution in [0.5, 0.6) is 11.5 Å². The van der Waals surface area contributed by atoms with Crippen LogP contribution >= 0.6 is 15.9 Å². The van der Waals surface area contributed by atoms with E-state index in [0.717, 1.165) is 48.5 Å². The monoisotopic (exact) mass is 440 g/mol. The largest absolute Gasteiger partial charge is 0.493 e. The van der Waals surface area contributed by atoms with Crippen LogP contribution in [0.4, 0.5) is 0 Å². The zero-order valence-electron chi connectivity index (χ0n) is 16.3. The van der Waals surface area contributed by atoms with E-state index in [0.29, 0.717) is 24.5 Å². The zero-order valence-corrected chi connectivity index (χ0v) is 17.8. The molecule has 0 saturated carbocycles. The number of likely N-dealkylation sites (tertiary alicyclic amines) is 1. The molecule has 8 heteroatoms. The molecule has 1 aromatic rings. The summed E-state index contributed by atoms with van der Waals surface area (Å²) < 4.78 is 11.6. The number of rotatable bonds is 7. The van der Waals surface area contributed by atoms with Crippen molar-refractivity contribution < 1.29 is 14.3 Å². The molecule has 1 aromatic carbocycles. The number of ether oxygens (including phenoxy) is 2. The van der Waals surface area contributed by atoms with Gasteiger partial charge in [0.15, 0.2) is 17.5 Å². The van der Waals surface area contributed by atoms with E-state index in [1.165, 1.54) is 0 Å². The number of methoxy groups -OCH3 is 2. The number of aliphatic imine (C=N–C) groups is 1. The molecule has 1 aliphatic rings. The van der Waals surface area contributed by atoms with Crippen LogP contribution < -0.4 is 20.5 Å². The highest BCUT2D eigenvalue weighted by Crippen LogP contribution is 2.36. The molecule has 0 bridgehead atoms. The van der Waals surface area contributed by atoms with Gasteiger partial charge in [-0.05, 0) is 59.3 Å². The molecule has 1 aliphatic heterocycles. The molecular weight excluding hydrogens is 412 g/mol. The number of nitrogens with two attached hydrogens (primary N) is 1. The molecule has 1 unspecified atom stereocenters. The third-order valence-corrected chi connectivity index (χ3v) is 5.14. The topological polar surface area (TPSA) is 89.2 Å². The lowest BCUT2D eigenvalue weighted by Gasteiger charge is -2.34. The summed E-state index contributed by atoms with van der Waals surface area (Å²) in [6.07, 6.45) is 2.49. The van der Waals surface area contributed by atoms with Crippen molar-refractivity contribution in [3.05, 3.63) is 22.2 Å². The van der Waals surface area contributed by atoms with Crippen LogP contribution in [0, 0.1) is 5.92 Å². The van der Waals surface area contributed by atoms with Crippen LogP contribution in [0.3, 0.4) is 0 Å². The second-order valence-electron chi connectivity index (χ2n) is 6.61. The summed E-state index contributed by atoms with van der Waals surface area (Å²) in [5.74, 6) is 2.25. The van der Waals surface area contributed by atoms with E-state index in [-0.39, 0.29) is 11.8 Å². The van der Waals surface area contributed by atoms with Crippen molar-refractivity contribution in [1.29, 1.82) is 0 Å². The Morgan fingerprint density at radius 2 is 2.19 bits per heavy atom. The minimum atomic E-state index is -0.237. The molecule has 0 aromatic heterocycles. The molecule has 3 N–H and O–H groups in total. The summed E-state index contributed by atoms with van der Waals surface area (Å²) in [6.45, 7) is 5.07. The van der Waals surface area contributed by atoms with E-state index in [4.69, 9.17) is 20.2 Å². The number of nitrogens with one attached hydrogen (secondary N) is 1. The first kappa shape index (κ1) is 21.3. The van der Waals surface area contributed by atoms with Gasteiger partial charge < -0.3 is 25.4 Å². The standard InChI is InChI=1S/C19H29BrN4O3/c1-4-22-19(24-7-5-6-13(12-24)10-17(21)25)23-11-14-8-15(20)18(27-3)16(9-14)26-2/h8-9,13H,4-7,10-12H2,1-3H3,(H2,21,25)(H,22,23). The first-order valence-electron chi connectivity index (χ1n) is 9.20. The molecule has 0 aliphatic carbocycles. The summed E-state index contributed by atoms with van der Waals surface area (Å²) in [5, 5.41) is 3.35. The Balaban J connectivity index is 2.15. The number of benzene rings is 1. The molecule has 27 heavy (non-hydrogen) atoms. The van der Waals surface area contributed by atoms with Crippen LogP contribution in [0.2, 0.25) is 0 Å². The summed E-state index contributed by atoms with van der Waals surface area (Å²) in [5.41, 5.74) is 6.39. The molecule has 150 valence electrons. The Labute approximate surface area is 169 Å². The van der Waals surface area contributed by atoms with Crippen molar-refractivity contribution in [3.8, 4) is 11.5 Å². The molecule has 0 radical (unpaired) electrons. The fourth-order valence-electron chi connectivity index (χ4n) is 3.36. The van der Waals surface area contributed by atoms with Crippen molar-refractivity contribution in [3.63, 3.8) is 0 Å². The average Bonchev–Trinajstić information content (AvgIpc) is 2.64. The Kier molecular flexibility index (Phi) is 8.22. The summed E-state index contributed by atoms with van der Waals surface area (Å²) in [7, 11) is 3.23. The number of hydrogen-bond acceptors (Lipinski definition) is 4. The second kappa shape index (κ2) is 10.4. The number of halogens is 1. The van der Waals surface area contributed by atoms with Gasteiger partial charge >= 0.3 is 0 Å². The van der Waals surface area contributed by atoms with Gasteiger partial charge in [0.2, 0.25) is 5.91 Å². The van der Waals surface area contributed by atoms with Crippen molar-refractivity contribution in [2.45, 2.75) is 32.7 Å². The zero-order chi connectivity index (χ0) is 19.8. The maximum atomic E-state index is 11.3. The van der Waals surface area contributed by atoms with E-state index >= 15 is 0 Å². The van der Waals surface area contributed by atoms with Gasteiger partial charge in [-0.1, -0.05) is 0 Å². The molecule has 1 atom stereocenters. The Morgan fingerprint density at radius 1 is 1.41 bits per heavy atom. The number of carbonyl (C=O) groups excluding carboxylic acids is 1. The SMILES string of the molecule is CCNC(=NCc1cc(Br)c(OC)c(OC)c1)N1CCCC(CC(N)=O)C1. The number of piperidine rings is 1. The van der Waals surface area contributed by atoms with Crippen molar-refractivity contribution >= 4 is 27.8 Å². The Hall–Kier alpha value is -1.96. The molecule has 1 heterocycles. The summed E-state index contributed by atoms with van der Waals surface area (Å²) in [4.78, 5) is 18.3. The van der Waals surface area contributed by atoms with Crippen LogP contribution in [0.25, 0.3) is 0 Å². The molecule has 2 rings (SSSR count). The lowest BCUT2D eigenvalue weighted by Crippen LogP contribution is -2.47. The number of carbonyl (C=O) groups is 1. The van der Waals surface area contributed by atoms with Crippen LogP contribution in [0.1, 0.15) is 31.7 Å². The predicted octanol–water partition coefficient (Wildman–Crippen LogP) is 2.52. The quantitative estimate of drug-likeness (QED) is 0.502. The van der Waals surface area contributed by atoms with Crippen LogP contribution in [-0.4, -0.2) is 50.6 Å². The van der Waals surface area contributed by atoms with Gasteiger partial charge in [-0.2, -0.15) is 0 Å². The predicted molar refractivity (Wildman–Crippen MR) is 110 cm³/mol. The number of primary amides is 1. The smallest absolute Gasteiger partial charge is 0.217 e. The van der Waals surface area contributed by atoms with Crippen LogP contribution in [0.15, 0.2) is 21.6 Å². The highest BCUT2D eigenvalue weighted by molar-refractivity contribution is 9.10. The van der Waals surface area contributed by atoms with Gasteiger partial charge in [0, 0.05) is 26.1 Å².